The number of nitrogens with zero attached hydrogens (tertiary/aromatic N) is 3. The monoisotopic (exact) mass is 565 g/mol. The van der Waals surface area contributed by atoms with E-state index in [-0.39, 0.29) is 0 Å². The van der Waals surface area contributed by atoms with Gasteiger partial charge in [-0.3, -0.25) is 0 Å². The second-order valence-corrected chi connectivity index (χ2v) is 11.8. The smallest absolute Gasteiger partial charge is 0.136 e. The second kappa shape index (κ2) is 8.81. The van der Waals surface area contributed by atoms with E-state index in [4.69, 9.17) is 4.42 Å². The summed E-state index contributed by atoms with van der Waals surface area (Å²) in [5.41, 5.74) is 8.09. The Bertz CT molecular complexity index is 2710. The Morgan fingerprint density at radius 2 is 1.35 bits per heavy atom. The lowest BCUT2D eigenvalue weighted by atomic mass is 9.96. The molecule has 4 nitrogen and oxygen atoms in total. The van der Waals surface area contributed by atoms with Gasteiger partial charge in [0.15, 0.2) is 0 Å². The Morgan fingerprint density at radius 3 is 2.23 bits per heavy atom. The third kappa shape index (κ3) is 3.29. The third-order valence-corrected chi connectivity index (χ3v) is 9.73. The van der Waals surface area contributed by atoms with Gasteiger partial charge in [-0.15, -0.1) is 11.3 Å². The molecule has 6 aromatic carbocycles. The highest BCUT2D eigenvalue weighted by molar-refractivity contribution is 7.26. The van der Waals surface area contributed by atoms with E-state index < -0.39 is 0 Å². The van der Waals surface area contributed by atoms with Crippen LogP contribution in [0.25, 0.3) is 80.7 Å². The van der Waals surface area contributed by atoms with E-state index in [0.717, 1.165) is 80.7 Å². The molecule has 0 saturated heterocycles. The lowest BCUT2D eigenvalue weighted by Crippen LogP contribution is -1.94. The molecule has 5 heteroatoms. The van der Waals surface area contributed by atoms with Gasteiger partial charge in [-0.1, -0.05) is 66.7 Å². The molecule has 3 heterocycles. The SMILES string of the molecule is N#Cc1ccc2c3ccccc3n(-c3cccc4c3sc3c(C#N)cc(-c5cccc6oc7ccccc7c56)cc34)c2c1. The quantitative estimate of drug-likeness (QED) is 0.209. The molecular formula is C38H19N3OS. The van der Waals surface area contributed by atoms with Crippen LogP contribution >= 0.6 is 11.3 Å². The van der Waals surface area contributed by atoms with E-state index in [1.807, 2.05) is 60.7 Å². The molecule has 0 atom stereocenters. The summed E-state index contributed by atoms with van der Waals surface area (Å²) in [6.07, 6.45) is 0. The van der Waals surface area contributed by atoms with Gasteiger partial charge in [0.2, 0.25) is 0 Å². The summed E-state index contributed by atoms with van der Waals surface area (Å²) in [5, 5.41) is 26.6. The summed E-state index contributed by atoms with van der Waals surface area (Å²) in [5.74, 6) is 0. The number of nitriles is 2. The zero-order valence-electron chi connectivity index (χ0n) is 22.6. The van der Waals surface area contributed by atoms with Gasteiger partial charge in [0, 0.05) is 32.3 Å². The molecule has 0 N–H and O–H groups in total. The maximum atomic E-state index is 10.4. The fourth-order valence-corrected chi connectivity index (χ4v) is 7.86. The van der Waals surface area contributed by atoms with Crippen LogP contribution in [-0.2, 0) is 0 Å². The van der Waals surface area contributed by atoms with Crippen LogP contribution in [0, 0.1) is 22.7 Å². The third-order valence-electron chi connectivity index (χ3n) is 8.46. The van der Waals surface area contributed by atoms with E-state index in [1.54, 1.807) is 11.3 Å². The van der Waals surface area contributed by atoms with Crippen LogP contribution < -0.4 is 0 Å². The molecule has 3 aromatic heterocycles. The zero-order valence-corrected chi connectivity index (χ0v) is 23.4. The van der Waals surface area contributed by atoms with E-state index in [0.29, 0.717) is 11.1 Å². The molecule has 0 bridgehead atoms. The molecule has 0 saturated carbocycles. The molecule has 9 aromatic rings. The normalized spacial score (nSPS) is 11.7. The van der Waals surface area contributed by atoms with Crippen LogP contribution in [0.5, 0.6) is 0 Å². The first-order valence-corrected chi connectivity index (χ1v) is 14.8. The van der Waals surface area contributed by atoms with E-state index in [9.17, 15) is 10.5 Å². The predicted octanol–water partition coefficient (Wildman–Crippen LogP) is 10.5. The summed E-state index contributed by atoms with van der Waals surface area (Å²) in [4.78, 5) is 0. The minimum Gasteiger partial charge on any atom is -0.456 e. The van der Waals surface area contributed by atoms with Crippen LogP contribution in [0.15, 0.2) is 120 Å². The second-order valence-electron chi connectivity index (χ2n) is 10.7. The van der Waals surface area contributed by atoms with Crippen molar-refractivity contribution in [3.05, 3.63) is 126 Å². The summed E-state index contributed by atoms with van der Waals surface area (Å²) >= 11 is 1.65. The van der Waals surface area contributed by atoms with Crippen molar-refractivity contribution in [2.75, 3.05) is 0 Å². The molecule has 0 fully saturated rings. The topological polar surface area (TPSA) is 65.7 Å². The predicted molar refractivity (Wildman–Crippen MR) is 176 cm³/mol. The van der Waals surface area contributed by atoms with E-state index in [1.165, 1.54) is 0 Å². The van der Waals surface area contributed by atoms with Gasteiger partial charge in [0.05, 0.1) is 43.3 Å². The highest BCUT2D eigenvalue weighted by atomic mass is 32.1. The van der Waals surface area contributed by atoms with Crippen molar-refractivity contribution < 1.29 is 4.42 Å². The molecule has 0 aliphatic carbocycles. The number of furan rings is 1. The number of hydrogen-bond donors (Lipinski definition) is 0. The highest BCUT2D eigenvalue weighted by Crippen LogP contribution is 2.45. The Balaban J connectivity index is 1.37. The van der Waals surface area contributed by atoms with Crippen molar-refractivity contribution in [2.45, 2.75) is 0 Å². The van der Waals surface area contributed by atoms with Gasteiger partial charge >= 0.3 is 0 Å². The van der Waals surface area contributed by atoms with Crippen molar-refractivity contribution in [3.63, 3.8) is 0 Å². The number of fused-ring (bicyclic) bond motifs is 9. The zero-order chi connectivity index (χ0) is 28.7. The van der Waals surface area contributed by atoms with Crippen molar-refractivity contribution in [1.82, 2.24) is 4.57 Å². The Morgan fingerprint density at radius 1 is 0.581 bits per heavy atom. The first kappa shape index (κ1) is 23.8. The molecule has 0 spiro atoms. The molecule has 0 amide bonds. The number of thiophene rings is 1. The van der Waals surface area contributed by atoms with E-state index in [2.05, 4.69) is 71.3 Å². The Kier molecular flexibility index (Phi) is 4.87. The maximum absolute atomic E-state index is 10.4. The fraction of sp³-hybridized carbons (Fsp3) is 0. The molecule has 0 unspecified atom stereocenters. The number of para-hydroxylation sites is 2. The van der Waals surface area contributed by atoms with Crippen LogP contribution in [-0.4, -0.2) is 4.57 Å². The fourth-order valence-electron chi connectivity index (χ4n) is 6.61. The lowest BCUT2D eigenvalue weighted by molar-refractivity contribution is 0.669. The molecule has 0 aliphatic rings. The lowest BCUT2D eigenvalue weighted by Gasteiger charge is -2.09. The largest absolute Gasteiger partial charge is 0.456 e. The summed E-state index contributed by atoms with van der Waals surface area (Å²) in [7, 11) is 0. The molecule has 43 heavy (non-hydrogen) atoms. The van der Waals surface area contributed by atoms with Crippen molar-refractivity contribution >= 4 is 75.3 Å². The molecule has 198 valence electrons. The molecule has 0 aliphatic heterocycles. The average Bonchev–Trinajstić information content (AvgIpc) is 3.73. The average molecular weight is 566 g/mol. The maximum Gasteiger partial charge on any atom is 0.136 e. The molecular weight excluding hydrogens is 547 g/mol. The van der Waals surface area contributed by atoms with Crippen LogP contribution in [0.3, 0.4) is 0 Å². The van der Waals surface area contributed by atoms with Gasteiger partial charge in [-0.05, 0) is 59.7 Å². The van der Waals surface area contributed by atoms with Gasteiger partial charge < -0.3 is 8.98 Å². The van der Waals surface area contributed by atoms with Crippen molar-refractivity contribution in [3.8, 4) is 29.0 Å². The number of rotatable bonds is 2. The van der Waals surface area contributed by atoms with Gasteiger partial charge in [0.25, 0.3) is 0 Å². The highest BCUT2D eigenvalue weighted by Gasteiger charge is 2.20. The Labute approximate surface area is 249 Å². The molecule has 0 radical (unpaired) electrons. The van der Waals surface area contributed by atoms with Gasteiger partial charge in [-0.2, -0.15) is 10.5 Å². The number of hydrogen-bond acceptors (Lipinski definition) is 4. The van der Waals surface area contributed by atoms with Crippen molar-refractivity contribution in [1.29, 1.82) is 10.5 Å². The minimum atomic E-state index is 0.623. The van der Waals surface area contributed by atoms with Crippen LogP contribution in [0.4, 0.5) is 0 Å². The summed E-state index contributed by atoms with van der Waals surface area (Å²) in [6, 6.07) is 43.8. The molecule has 9 rings (SSSR count). The first-order chi connectivity index (χ1) is 21.2. The van der Waals surface area contributed by atoms with E-state index >= 15 is 0 Å². The first-order valence-electron chi connectivity index (χ1n) is 14.0. The van der Waals surface area contributed by atoms with Crippen LogP contribution in [0.2, 0.25) is 0 Å². The Hall–Kier alpha value is -5.88. The summed E-state index contributed by atoms with van der Waals surface area (Å²) in [6.45, 7) is 0. The minimum absolute atomic E-state index is 0.623. The summed E-state index contributed by atoms with van der Waals surface area (Å²) < 4.78 is 10.5. The van der Waals surface area contributed by atoms with Crippen LogP contribution in [0.1, 0.15) is 11.1 Å². The number of benzene rings is 6. The number of aromatic nitrogens is 1. The standard InChI is InChI=1S/C38H19N3OS/c39-20-22-15-16-27-26-7-1-3-11-31(26)41(33(27)17-22)32-12-5-10-28-30-19-23(18-24(21-40)37(30)43-38(28)32)25-9-6-14-35-36(25)29-8-2-4-13-34(29)42-35/h1-19H. The van der Waals surface area contributed by atoms with Gasteiger partial charge in [-0.25, -0.2) is 0 Å². The van der Waals surface area contributed by atoms with Crippen molar-refractivity contribution in [2.24, 2.45) is 0 Å². The van der Waals surface area contributed by atoms with Gasteiger partial charge in [0.1, 0.15) is 17.2 Å².